The van der Waals surface area contributed by atoms with Gasteiger partial charge in [0.15, 0.2) is 12.4 Å². The molecule has 5 aromatic rings. The molecule has 0 N–H and O–H groups in total. The van der Waals surface area contributed by atoms with Crippen molar-refractivity contribution in [3.05, 3.63) is 106 Å². The van der Waals surface area contributed by atoms with Crippen molar-refractivity contribution < 1.29 is 27.4 Å². The standard InChI is InChI=1S/C31H24F3N3O4/c1-19(2)41-28(38)18-40-27-15-14-20-8-3-4-11-23(20)25(27)17-35-37-29(21-9-7-10-22(16-21)31(32,33)34)36-26-13-6-5-12-24(26)30(37)39/h3-17,19H,18H2,1-2H3. The number of ether oxygens (including phenoxy) is 2. The average Bonchev–Trinajstić information content (AvgIpc) is 2.95. The Hall–Kier alpha value is -4.99. The lowest BCUT2D eigenvalue weighted by molar-refractivity contribution is -0.149. The van der Waals surface area contributed by atoms with Gasteiger partial charge < -0.3 is 9.47 Å². The van der Waals surface area contributed by atoms with E-state index in [9.17, 15) is 22.8 Å². The van der Waals surface area contributed by atoms with Crippen LogP contribution in [0.1, 0.15) is 25.0 Å². The zero-order valence-corrected chi connectivity index (χ0v) is 22.1. The molecule has 0 radical (unpaired) electrons. The Labute approximate surface area is 232 Å². The molecule has 0 spiro atoms. The topological polar surface area (TPSA) is 82.8 Å². The Kier molecular flexibility index (Phi) is 7.56. The van der Waals surface area contributed by atoms with Crippen LogP contribution in [0.15, 0.2) is 94.8 Å². The number of hydrogen-bond donors (Lipinski definition) is 0. The number of fused-ring (bicyclic) bond motifs is 2. The second kappa shape index (κ2) is 11.2. The SMILES string of the molecule is CC(C)OC(=O)COc1ccc2ccccc2c1C=Nn1c(-c2cccc(C(F)(F)F)c2)nc2ccccc2c1=O. The zero-order chi connectivity index (χ0) is 29.1. The molecule has 0 bridgehead atoms. The van der Waals surface area contributed by atoms with Crippen LogP contribution in [0.25, 0.3) is 33.1 Å². The number of rotatable bonds is 7. The molecule has 208 valence electrons. The van der Waals surface area contributed by atoms with Gasteiger partial charge in [-0.05, 0) is 55.0 Å². The van der Waals surface area contributed by atoms with Gasteiger partial charge in [0, 0.05) is 11.1 Å². The molecular formula is C31H24F3N3O4. The van der Waals surface area contributed by atoms with Gasteiger partial charge in [-0.1, -0.05) is 54.6 Å². The molecule has 0 aliphatic heterocycles. The maximum absolute atomic E-state index is 13.6. The molecule has 0 saturated carbocycles. The molecule has 0 aliphatic rings. The molecule has 0 fully saturated rings. The molecule has 0 atom stereocenters. The maximum Gasteiger partial charge on any atom is 0.416 e. The van der Waals surface area contributed by atoms with E-state index in [2.05, 4.69) is 10.1 Å². The van der Waals surface area contributed by atoms with Crippen molar-refractivity contribution in [3.63, 3.8) is 0 Å². The highest BCUT2D eigenvalue weighted by Gasteiger charge is 2.31. The third kappa shape index (κ3) is 5.96. The number of halogens is 3. The van der Waals surface area contributed by atoms with Crippen LogP contribution >= 0.6 is 0 Å². The number of hydrogen-bond acceptors (Lipinski definition) is 6. The first kappa shape index (κ1) is 27.6. The lowest BCUT2D eigenvalue weighted by Crippen LogP contribution is -2.21. The van der Waals surface area contributed by atoms with E-state index < -0.39 is 23.3 Å². The smallest absolute Gasteiger partial charge is 0.416 e. The Morgan fingerprint density at radius 1 is 0.976 bits per heavy atom. The van der Waals surface area contributed by atoms with Gasteiger partial charge in [0.25, 0.3) is 5.56 Å². The summed E-state index contributed by atoms with van der Waals surface area (Å²) in [5, 5.41) is 6.22. The van der Waals surface area contributed by atoms with E-state index in [0.717, 1.165) is 22.2 Å². The average molecular weight is 560 g/mol. The second-order valence-corrected chi connectivity index (χ2v) is 9.42. The predicted molar refractivity (Wildman–Crippen MR) is 150 cm³/mol. The zero-order valence-electron chi connectivity index (χ0n) is 22.1. The first-order chi connectivity index (χ1) is 19.6. The molecule has 7 nitrogen and oxygen atoms in total. The van der Waals surface area contributed by atoms with Crippen molar-refractivity contribution in [2.24, 2.45) is 5.10 Å². The van der Waals surface area contributed by atoms with Gasteiger partial charge in [0.1, 0.15) is 5.75 Å². The molecule has 1 aromatic heterocycles. The van der Waals surface area contributed by atoms with E-state index in [1.807, 2.05) is 30.3 Å². The first-order valence-electron chi connectivity index (χ1n) is 12.7. The molecule has 4 aromatic carbocycles. The largest absolute Gasteiger partial charge is 0.481 e. The lowest BCUT2D eigenvalue weighted by Gasteiger charge is -2.14. The van der Waals surface area contributed by atoms with E-state index in [0.29, 0.717) is 22.2 Å². The minimum absolute atomic E-state index is 0.0608. The molecule has 0 amide bonds. The summed E-state index contributed by atoms with van der Waals surface area (Å²) in [5.41, 5.74) is -0.621. The molecule has 5 rings (SSSR count). The molecule has 1 heterocycles. The Balaban J connectivity index is 1.67. The number of nitrogens with zero attached hydrogens (tertiary/aromatic N) is 3. The summed E-state index contributed by atoms with van der Waals surface area (Å²) in [6.07, 6.45) is -3.53. The van der Waals surface area contributed by atoms with Crippen molar-refractivity contribution >= 4 is 33.9 Å². The normalized spacial score (nSPS) is 12.0. The summed E-state index contributed by atoms with van der Waals surface area (Å²) in [6, 6.07) is 21.9. The van der Waals surface area contributed by atoms with Crippen molar-refractivity contribution in [2.75, 3.05) is 6.61 Å². The van der Waals surface area contributed by atoms with Crippen LogP contribution in [0.3, 0.4) is 0 Å². The summed E-state index contributed by atoms with van der Waals surface area (Å²) < 4.78 is 52.4. The van der Waals surface area contributed by atoms with Crippen LogP contribution in [0.2, 0.25) is 0 Å². The van der Waals surface area contributed by atoms with Crippen LogP contribution in [-0.4, -0.2) is 34.6 Å². The fraction of sp³-hybridized carbons (Fsp3) is 0.161. The molecule has 0 unspecified atom stereocenters. The summed E-state index contributed by atoms with van der Waals surface area (Å²) in [7, 11) is 0. The number of esters is 1. The van der Waals surface area contributed by atoms with Crippen LogP contribution in [0.5, 0.6) is 5.75 Å². The third-order valence-electron chi connectivity index (χ3n) is 6.15. The summed E-state index contributed by atoms with van der Waals surface area (Å²) >= 11 is 0. The highest BCUT2D eigenvalue weighted by molar-refractivity contribution is 6.02. The second-order valence-electron chi connectivity index (χ2n) is 9.42. The Morgan fingerprint density at radius 3 is 2.46 bits per heavy atom. The Bertz CT molecular complexity index is 1850. The van der Waals surface area contributed by atoms with Gasteiger partial charge in [0.05, 0.1) is 28.8 Å². The van der Waals surface area contributed by atoms with E-state index in [-0.39, 0.29) is 29.5 Å². The molecular weight excluding hydrogens is 535 g/mol. The van der Waals surface area contributed by atoms with Gasteiger partial charge in [-0.25, -0.2) is 9.78 Å². The number of aromatic nitrogens is 2. The molecule has 10 heteroatoms. The van der Waals surface area contributed by atoms with E-state index >= 15 is 0 Å². The van der Waals surface area contributed by atoms with Gasteiger partial charge in [0.2, 0.25) is 0 Å². The van der Waals surface area contributed by atoms with Gasteiger partial charge in [-0.15, -0.1) is 0 Å². The first-order valence-corrected chi connectivity index (χ1v) is 12.7. The van der Waals surface area contributed by atoms with Gasteiger partial charge in [-0.3, -0.25) is 4.79 Å². The van der Waals surface area contributed by atoms with Crippen molar-refractivity contribution in [3.8, 4) is 17.1 Å². The summed E-state index contributed by atoms with van der Waals surface area (Å²) in [4.78, 5) is 30.2. The number of carbonyl (C=O) groups excluding carboxylic acids is 1. The van der Waals surface area contributed by atoms with Crippen LogP contribution in [0, 0.1) is 0 Å². The fourth-order valence-electron chi connectivity index (χ4n) is 4.34. The highest BCUT2D eigenvalue weighted by Crippen LogP contribution is 2.32. The fourth-order valence-corrected chi connectivity index (χ4v) is 4.34. The minimum Gasteiger partial charge on any atom is -0.481 e. The quantitative estimate of drug-likeness (QED) is 0.169. The number of para-hydroxylation sites is 1. The van der Waals surface area contributed by atoms with E-state index in [1.165, 1.54) is 18.3 Å². The van der Waals surface area contributed by atoms with Crippen molar-refractivity contribution in [1.82, 2.24) is 9.66 Å². The van der Waals surface area contributed by atoms with Crippen LogP contribution < -0.4 is 10.3 Å². The Morgan fingerprint density at radius 2 is 1.71 bits per heavy atom. The number of alkyl halides is 3. The van der Waals surface area contributed by atoms with Gasteiger partial charge in [-0.2, -0.15) is 22.9 Å². The number of carbonyl (C=O) groups is 1. The number of benzene rings is 4. The van der Waals surface area contributed by atoms with Gasteiger partial charge >= 0.3 is 12.1 Å². The lowest BCUT2D eigenvalue weighted by atomic mass is 10.0. The van der Waals surface area contributed by atoms with E-state index in [1.54, 1.807) is 44.2 Å². The van der Waals surface area contributed by atoms with Crippen molar-refractivity contribution in [1.29, 1.82) is 0 Å². The molecule has 0 aliphatic carbocycles. The molecule has 0 saturated heterocycles. The summed E-state index contributed by atoms with van der Waals surface area (Å²) in [5.74, 6) is -0.326. The maximum atomic E-state index is 13.6. The van der Waals surface area contributed by atoms with Crippen LogP contribution in [0.4, 0.5) is 13.2 Å². The summed E-state index contributed by atoms with van der Waals surface area (Å²) in [6.45, 7) is 3.09. The highest BCUT2D eigenvalue weighted by atomic mass is 19.4. The minimum atomic E-state index is -4.59. The van der Waals surface area contributed by atoms with Crippen LogP contribution in [-0.2, 0) is 15.7 Å². The van der Waals surface area contributed by atoms with E-state index in [4.69, 9.17) is 9.47 Å². The monoisotopic (exact) mass is 559 g/mol. The molecule has 41 heavy (non-hydrogen) atoms. The third-order valence-corrected chi connectivity index (χ3v) is 6.15. The predicted octanol–water partition coefficient (Wildman–Crippen LogP) is 6.45. The van der Waals surface area contributed by atoms with Crippen molar-refractivity contribution in [2.45, 2.75) is 26.1 Å².